The fourth-order valence-corrected chi connectivity index (χ4v) is 3.92. The standard InChI is InChI=1S/C15H25N3O3/c1-15(13(19)20)5-9-18(10-6-15)14(21)16-11-4-8-17-7-2-3-12(11)17/h11-12H,2-10H2,1H3,(H,16,21)(H,19,20). The molecule has 3 heterocycles. The zero-order valence-electron chi connectivity index (χ0n) is 12.7. The van der Waals surface area contributed by atoms with E-state index in [1.54, 1.807) is 11.8 Å². The highest BCUT2D eigenvalue weighted by Gasteiger charge is 2.41. The van der Waals surface area contributed by atoms with Crippen molar-refractivity contribution in [3.8, 4) is 0 Å². The first-order valence-corrected chi connectivity index (χ1v) is 8.02. The van der Waals surface area contributed by atoms with Gasteiger partial charge in [-0.25, -0.2) is 4.79 Å². The molecule has 3 aliphatic rings. The van der Waals surface area contributed by atoms with Gasteiger partial charge in [0.15, 0.2) is 0 Å². The maximum absolute atomic E-state index is 12.4. The molecule has 2 unspecified atom stereocenters. The smallest absolute Gasteiger partial charge is 0.317 e. The van der Waals surface area contributed by atoms with E-state index in [1.807, 2.05) is 0 Å². The molecule has 3 saturated heterocycles. The number of fused-ring (bicyclic) bond motifs is 1. The minimum atomic E-state index is -0.750. The summed E-state index contributed by atoms with van der Waals surface area (Å²) >= 11 is 0. The molecule has 2 N–H and O–H groups in total. The third-order valence-corrected chi connectivity index (χ3v) is 5.59. The molecule has 0 bridgehead atoms. The average molecular weight is 295 g/mol. The summed E-state index contributed by atoms with van der Waals surface area (Å²) in [5.74, 6) is -0.750. The van der Waals surface area contributed by atoms with Crippen LogP contribution < -0.4 is 5.32 Å². The van der Waals surface area contributed by atoms with E-state index in [0.29, 0.717) is 32.0 Å². The molecule has 0 spiro atoms. The summed E-state index contributed by atoms with van der Waals surface area (Å²) in [5.41, 5.74) is -0.674. The Morgan fingerprint density at radius 3 is 2.52 bits per heavy atom. The van der Waals surface area contributed by atoms with Gasteiger partial charge in [-0.1, -0.05) is 0 Å². The molecule has 118 valence electrons. The van der Waals surface area contributed by atoms with Gasteiger partial charge < -0.3 is 15.3 Å². The number of carbonyl (C=O) groups is 2. The largest absolute Gasteiger partial charge is 0.481 e. The van der Waals surface area contributed by atoms with Gasteiger partial charge in [0.25, 0.3) is 0 Å². The molecule has 0 saturated carbocycles. The second kappa shape index (κ2) is 5.48. The predicted molar refractivity (Wildman–Crippen MR) is 78.1 cm³/mol. The summed E-state index contributed by atoms with van der Waals surface area (Å²) in [4.78, 5) is 27.9. The van der Waals surface area contributed by atoms with Crippen LogP contribution in [0.15, 0.2) is 0 Å². The highest BCUT2D eigenvalue weighted by Crippen LogP contribution is 2.32. The van der Waals surface area contributed by atoms with E-state index in [1.165, 1.54) is 12.8 Å². The number of urea groups is 1. The van der Waals surface area contributed by atoms with Crippen LogP contribution in [0.3, 0.4) is 0 Å². The molecule has 21 heavy (non-hydrogen) atoms. The van der Waals surface area contributed by atoms with Crippen molar-refractivity contribution in [2.45, 2.75) is 51.1 Å². The minimum Gasteiger partial charge on any atom is -0.481 e. The first kappa shape index (κ1) is 14.6. The van der Waals surface area contributed by atoms with E-state index in [9.17, 15) is 14.7 Å². The Balaban J connectivity index is 1.52. The Morgan fingerprint density at radius 1 is 1.14 bits per heavy atom. The van der Waals surface area contributed by atoms with Crippen molar-refractivity contribution in [2.24, 2.45) is 5.41 Å². The molecule has 6 nitrogen and oxygen atoms in total. The Bertz CT molecular complexity index is 432. The van der Waals surface area contributed by atoms with Gasteiger partial charge in [-0.05, 0) is 45.6 Å². The lowest BCUT2D eigenvalue weighted by Crippen LogP contribution is -2.52. The van der Waals surface area contributed by atoms with Crippen molar-refractivity contribution in [1.82, 2.24) is 15.1 Å². The lowest BCUT2D eigenvalue weighted by atomic mass is 9.80. The second-order valence-electron chi connectivity index (χ2n) is 6.94. The maximum atomic E-state index is 12.4. The van der Waals surface area contributed by atoms with Crippen molar-refractivity contribution >= 4 is 12.0 Å². The Morgan fingerprint density at radius 2 is 1.86 bits per heavy atom. The molecule has 6 heteroatoms. The third-order valence-electron chi connectivity index (χ3n) is 5.59. The van der Waals surface area contributed by atoms with E-state index in [4.69, 9.17) is 0 Å². The maximum Gasteiger partial charge on any atom is 0.317 e. The van der Waals surface area contributed by atoms with E-state index in [-0.39, 0.29) is 12.1 Å². The fraction of sp³-hybridized carbons (Fsp3) is 0.867. The number of hydrogen-bond donors (Lipinski definition) is 2. The van der Waals surface area contributed by atoms with Gasteiger partial charge in [0.05, 0.1) is 5.41 Å². The van der Waals surface area contributed by atoms with E-state index in [0.717, 1.165) is 19.5 Å². The quantitative estimate of drug-likeness (QED) is 0.801. The van der Waals surface area contributed by atoms with Crippen LogP contribution in [0.25, 0.3) is 0 Å². The normalized spacial score (nSPS) is 32.0. The summed E-state index contributed by atoms with van der Waals surface area (Å²) in [5, 5.41) is 12.4. The number of amides is 2. The molecule has 0 aromatic carbocycles. The van der Waals surface area contributed by atoms with Crippen LogP contribution in [0.1, 0.15) is 39.0 Å². The number of aliphatic carboxylic acids is 1. The van der Waals surface area contributed by atoms with E-state index < -0.39 is 11.4 Å². The number of piperidine rings is 1. The van der Waals surface area contributed by atoms with Gasteiger partial charge in [-0.3, -0.25) is 9.69 Å². The number of nitrogens with zero attached hydrogens (tertiary/aromatic N) is 2. The molecule has 2 amide bonds. The van der Waals surface area contributed by atoms with Crippen LogP contribution in [0.2, 0.25) is 0 Å². The van der Waals surface area contributed by atoms with Crippen LogP contribution in [-0.4, -0.2) is 65.2 Å². The zero-order valence-corrected chi connectivity index (χ0v) is 12.7. The molecule has 3 rings (SSSR count). The van der Waals surface area contributed by atoms with Crippen LogP contribution in [0.5, 0.6) is 0 Å². The Labute approximate surface area is 125 Å². The topological polar surface area (TPSA) is 72.9 Å². The van der Waals surface area contributed by atoms with Crippen molar-refractivity contribution in [3.05, 3.63) is 0 Å². The highest BCUT2D eigenvalue weighted by molar-refractivity contribution is 5.77. The van der Waals surface area contributed by atoms with Crippen molar-refractivity contribution < 1.29 is 14.7 Å². The van der Waals surface area contributed by atoms with Crippen molar-refractivity contribution in [2.75, 3.05) is 26.2 Å². The van der Waals surface area contributed by atoms with Gasteiger partial charge >= 0.3 is 12.0 Å². The number of hydrogen-bond acceptors (Lipinski definition) is 3. The molecule has 3 aliphatic heterocycles. The highest BCUT2D eigenvalue weighted by atomic mass is 16.4. The second-order valence-corrected chi connectivity index (χ2v) is 6.94. The van der Waals surface area contributed by atoms with E-state index in [2.05, 4.69) is 10.2 Å². The zero-order chi connectivity index (χ0) is 15.0. The van der Waals surface area contributed by atoms with Crippen LogP contribution in [0, 0.1) is 5.41 Å². The Kier molecular flexibility index (Phi) is 3.82. The molecule has 0 aromatic rings. The summed E-state index contributed by atoms with van der Waals surface area (Å²) in [7, 11) is 0. The van der Waals surface area contributed by atoms with Gasteiger partial charge in [-0.15, -0.1) is 0 Å². The van der Waals surface area contributed by atoms with Gasteiger partial charge in [-0.2, -0.15) is 0 Å². The van der Waals surface area contributed by atoms with Crippen LogP contribution in [-0.2, 0) is 4.79 Å². The summed E-state index contributed by atoms with van der Waals surface area (Å²) in [6.45, 7) is 5.10. The molecule has 0 aliphatic carbocycles. The predicted octanol–water partition coefficient (Wildman–Crippen LogP) is 1.12. The lowest BCUT2D eigenvalue weighted by molar-refractivity contribution is -0.150. The number of rotatable bonds is 2. The molecule has 3 fully saturated rings. The molecule has 2 atom stereocenters. The van der Waals surface area contributed by atoms with E-state index >= 15 is 0 Å². The molecular weight excluding hydrogens is 270 g/mol. The first-order chi connectivity index (χ1) is 9.99. The Hall–Kier alpha value is -1.30. The SMILES string of the molecule is CC1(C(=O)O)CCN(C(=O)NC2CCN3CCCC23)CC1. The molecular formula is C15H25N3O3. The average Bonchev–Trinajstić information content (AvgIpc) is 3.04. The van der Waals surface area contributed by atoms with Gasteiger partial charge in [0, 0.05) is 31.7 Å². The number of carboxylic acids is 1. The number of carbonyl (C=O) groups excluding carboxylic acids is 1. The monoisotopic (exact) mass is 295 g/mol. The van der Waals surface area contributed by atoms with Gasteiger partial charge in [0.2, 0.25) is 0 Å². The molecule has 0 aromatic heterocycles. The summed E-state index contributed by atoms with van der Waals surface area (Å²) in [6.07, 6.45) is 4.53. The third kappa shape index (κ3) is 2.73. The molecule has 0 radical (unpaired) electrons. The van der Waals surface area contributed by atoms with Crippen LogP contribution in [0.4, 0.5) is 4.79 Å². The van der Waals surface area contributed by atoms with Crippen LogP contribution >= 0.6 is 0 Å². The van der Waals surface area contributed by atoms with Crippen molar-refractivity contribution in [3.63, 3.8) is 0 Å². The van der Waals surface area contributed by atoms with Crippen molar-refractivity contribution in [1.29, 1.82) is 0 Å². The summed E-state index contributed by atoms with van der Waals surface area (Å²) in [6, 6.07) is 0.775. The van der Waals surface area contributed by atoms with Gasteiger partial charge in [0.1, 0.15) is 0 Å². The number of carboxylic acid groups (broad SMARTS) is 1. The summed E-state index contributed by atoms with van der Waals surface area (Å²) < 4.78 is 0. The fourth-order valence-electron chi connectivity index (χ4n) is 3.92. The minimum absolute atomic E-state index is 0.0128. The first-order valence-electron chi connectivity index (χ1n) is 8.02. The number of nitrogens with one attached hydrogen (secondary N) is 1. The lowest BCUT2D eigenvalue weighted by Gasteiger charge is -2.37. The number of likely N-dealkylation sites (tertiary alicyclic amines) is 1.